The lowest BCUT2D eigenvalue weighted by Crippen LogP contribution is -2.49. The van der Waals surface area contributed by atoms with E-state index >= 15 is 0 Å². The number of fused-ring (bicyclic) bond motifs is 1. The van der Waals surface area contributed by atoms with Gasteiger partial charge >= 0.3 is 0 Å². The van der Waals surface area contributed by atoms with Gasteiger partial charge in [-0.25, -0.2) is 0 Å². The summed E-state index contributed by atoms with van der Waals surface area (Å²) in [6, 6.07) is 12.3. The van der Waals surface area contributed by atoms with E-state index in [2.05, 4.69) is 30.5 Å². The molecule has 0 spiro atoms. The zero-order valence-electron chi connectivity index (χ0n) is 18.0. The van der Waals surface area contributed by atoms with Gasteiger partial charge in [-0.1, -0.05) is 64.4 Å². The van der Waals surface area contributed by atoms with Crippen molar-refractivity contribution in [2.24, 2.45) is 5.41 Å². The summed E-state index contributed by atoms with van der Waals surface area (Å²) >= 11 is 1.77. The third-order valence-corrected chi connectivity index (χ3v) is 6.43. The van der Waals surface area contributed by atoms with Gasteiger partial charge in [0.2, 0.25) is 11.8 Å². The van der Waals surface area contributed by atoms with Crippen molar-refractivity contribution in [3.8, 4) is 0 Å². The van der Waals surface area contributed by atoms with Crippen LogP contribution in [-0.2, 0) is 16.0 Å². The van der Waals surface area contributed by atoms with Gasteiger partial charge in [-0.15, -0.1) is 11.3 Å². The van der Waals surface area contributed by atoms with Crippen LogP contribution in [0.25, 0.3) is 0 Å². The van der Waals surface area contributed by atoms with Crippen molar-refractivity contribution >= 4 is 23.2 Å². The zero-order chi connectivity index (χ0) is 21.0. The lowest BCUT2D eigenvalue weighted by Gasteiger charge is -2.38. The summed E-state index contributed by atoms with van der Waals surface area (Å²) in [6.45, 7) is 9.34. The highest BCUT2D eigenvalue weighted by molar-refractivity contribution is 7.10. The van der Waals surface area contributed by atoms with E-state index in [1.54, 1.807) is 16.2 Å². The first kappa shape index (κ1) is 21.6. The summed E-state index contributed by atoms with van der Waals surface area (Å²) in [7, 11) is 0. The molecule has 5 heteroatoms. The Hall–Kier alpha value is -2.14. The standard InChI is InChI=1S/C24H32N2O2S/c1-5-6-14-25(23(28)24(2,3)4)17-21(27)26-15-12-20-19(13-16-29-20)22(26)18-10-8-7-9-11-18/h7-11,13,16,22H,5-6,12,14-15,17H2,1-4H3. The average Bonchev–Trinajstić information content (AvgIpc) is 3.18. The summed E-state index contributed by atoms with van der Waals surface area (Å²) in [5.74, 6) is 0.0770. The molecule has 0 fully saturated rings. The minimum absolute atomic E-state index is 0.0319. The predicted octanol–water partition coefficient (Wildman–Crippen LogP) is 4.90. The fourth-order valence-corrected chi connectivity index (χ4v) is 4.81. The van der Waals surface area contributed by atoms with Gasteiger partial charge in [-0.2, -0.15) is 0 Å². The van der Waals surface area contributed by atoms with E-state index in [0.717, 1.165) is 24.8 Å². The highest BCUT2D eigenvalue weighted by Crippen LogP contribution is 2.37. The lowest BCUT2D eigenvalue weighted by atomic mass is 9.92. The summed E-state index contributed by atoms with van der Waals surface area (Å²) in [4.78, 5) is 31.5. The molecule has 1 aromatic heterocycles. The van der Waals surface area contributed by atoms with E-state index in [1.807, 2.05) is 43.9 Å². The number of hydrogen-bond donors (Lipinski definition) is 0. The molecule has 2 aromatic rings. The quantitative estimate of drug-likeness (QED) is 0.677. The second-order valence-electron chi connectivity index (χ2n) is 8.78. The second-order valence-corrected chi connectivity index (χ2v) is 9.78. The minimum Gasteiger partial charge on any atom is -0.333 e. The largest absolute Gasteiger partial charge is 0.333 e. The number of nitrogens with zero attached hydrogens (tertiary/aromatic N) is 2. The Kier molecular flexibility index (Phi) is 6.78. The Labute approximate surface area is 178 Å². The Morgan fingerprint density at radius 3 is 2.55 bits per heavy atom. The van der Waals surface area contributed by atoms with E-state index in [-0.39, 0.29) is 24.4 Å². The molecule has 0 saturated carbocycles. The van der Waals surface area contributed by atoms with Gasteiger partial charge in [-0.3, -0.25) is 9.59 Å². The van der Waals surface area contributed by atoms with Crippen molar-refractivity contribution in [2.45, 2.75) is 53.0 Å². The maximum atomic E-state index is 13.5. The van der Waals surface area contributed by atoms with Crippen LogP contribution in [0, 0.1) is 5.41 Å². The highest BCUT2D eigenvalue weighted by atomic mass is 32.1. The maximum Gasteiger partial charge on any atom is 0.242 e. The number of thiophene rings is 1. The van der Waals surface area contributed by atoms with Gasteiger partial charge in [0.15, 0.2) is 0 Å². The van der Waals surface area contributed by atoms with Crippen molar-refractivity contribution < 1.29 is 9.59 Å². The van der Waals surface area contributed by atoms with Gasteiger partial charge in [0.05, 0.1) is 12.6 Å². The number of rotatable bonds is 6. The van der Waals surface area contributed by atoms with Crippen LogP contribution in [0.3, 0.4) is 0 Å². The topological polar surface area (TPSA) is 40.6 Å². The van der Waals surface area contributed by atoms with Gasteiger partial charge < -0.3 is 9.80 Å². The first-order valence-corrected chi connectivity index (χ1v) is 11.4. The van der Waals surface area contributed by atoms with Crippen molar-refractivity contribution in [3.63, 3.8) is 0 Å². The first-order chi connectivity index (χ1) is 13.8. The minimum atomic E-state index is -0.491. The summed E-state index contributed by atoms with van der Waals surface area (Å²) < 4.78 is 0. The highest BCUT2D eigenvalue weighted by Gasteiger charge is 2.35. The smallest absolute Gasteiger partial charge is 0.242 e. The van der Waals surface area contributed by atoms with Gasteiger partial charge in [0, 0.05) is 23.4 Å². The number of hydrogen-bond acceptors (Lipinski definition) is 3. The van der Waals surface area contributed by atoms with Gasteiger partial charge in [0.25, 0.3) is 0 Å². The molecule has 1 aliphatic rings. The zero-order valence-corrected chi connectivity index (χ0v) is 18.8. The van der Waals surface area contributed by atoms with E-state index in [0.29, 0.717) is 13.1 Å². The molecular weight excluding hydrogens is 380 g/mol. The van der Waals surface area contributed by atoms with E-state index in [1.165, 1.54) is 10.4 Å². The summed E-state index contributed by atoms with van der Waals surface area (Å²) in [5.41, 5.74) is 1.86. The molecule has 29 heavy (non-hydrogen) atoms. The Morgan fingerprint density at radius 1 is 1.17 bits per heavy atom. The number of benzene rings is 1. The Morgan fingerprint density at radius 2 is 1.90 bits per heavy atom. The molecule has 1 unspecified atom stereocenters. The number of carbonyl (C=O) groups excluding carboxylic acids is 2. The molecule has 0 aliphatic carbocycles. The molecule has 1 atom stereocenters. The molecular formula is C24H32N2O2S. The normalized spacial score (nSPS) is 16.4. The van der Waals surface area contributed by atoms with Crippen LogP contribution in [-0.4, -0.2) is 41.2 Å². The van der Waals surface area contributed by atoms with E-state index in [4.69, 9.17) is 0 Å². The van der Waals surface area contributed by atoms with Crippen LogP contribution >= 0.6 is 11.3 Å². The molecule has 1 aromatic carbocycles. The molecule has 156 valence electrons. The number of carbonyl (C=O) groups is 2. The van der Waals surface area contributed by atoms with Crippen molar-refractivity contribution in [1.29, 1.82) is 0 Å². The molecule has 0 saturated heterocycles. The predicted molar refractivity (Wildman–Crippen MR) is 119 cm³/mol. The third kappa shape index (κ3) is 4.89. The van der Waals surface area contributed by atoms with Crippen LogP contribution in [0.1, 0.15) is 62.6 Å². The van der Waals surface area contributed by atoms with Crippen molar-refractivity contribution in [2.75, 3.05) is 19.6 Å². The van der Waals surface area contributed by atoms with Crippen molar-refractivity contribution in [1.82, 2.24) is 9.80 Å². The molecule has 2 amide bonds. The van der Waals surface area contributed by atoms with E-state index in [9.17, 15) is 9.59 Å². The molecule has 1 aliphatic heterocycles. The Balaban J connectivity index is 1.87. The second kappa shape index (κ2) is 9.12. The van der Waals surface area contributed by atoms with Crippen LogP contribution in [0.4, 0.5) is 0 Å². The van der Waals surface area contributed by atoms with Crippen LogP contribution in [0.15, 0.2) is 41.8 Å². The third-order valence-electron chi connectivity index (χ3n) is 5.44. The number of amides is 2. The maximum absolute atomic E-state index is 13.5. The fourth-order valence-electron chi connectivity index (χ4n) is 3.91. The summed E-state index contributed by atoms with van der Waals surface area (Å²) in [6.07, 6.45) is 2.78. The summed E-state index contributed by atoms with van der Waals surface area (Å²) in [5, 5.41) is 2.12. The lowest BCUT2D eigenvalue weighted by molar-refractivity contribution is -0.146. The SMILES string of the molecule is CCCCN(CC(=O)N1CCc2sccc2C1c1ccccc1)C(=O)C(C)(C)C. The average molecular weight is 413 g/mol. The first-order valence-electron chi connectivity index (χ1n) is 10.5. The van der Waals surface area contributed by atoms with Crippen LogP contribution in [0.5, 0.6) is 0 Å². The molecule has 4 nitrogen and oxygen atoms in total. The van der Waals surface area contributed by atoms with E-state index < -0.39 is 5.41 Å². The van der Waals surface area contributed by atoms with Gasteiger partial charge in [-0.05, 0) is 35.4 Å². The molecule has 2 heterocycles. The Bertz CT molecular complexity index is 838. The van der Waals surface area contributed by atoms with Crippen LogP contribution < -0.4 is 0 Å². The molecule has 3 rings (SSSR count). The fraction of sp³-hybridized carbons (Fsp3) is 0.500. The number of unbranched alkanes of at least 4 members (excludes halogenated alkanes) is 1. The molecule has 0 bridgehead atoms. The molecule has 0 N–H and O–H groups in total. The molecule has 0 radical (unpaired) electrons. The van der Waals surface area contributed by atoms with Gasteiger partial charge in [0.1, 0.15) is 0 Å². The van der Waals surface area contributed by atoms with Crippen LogP contribution in [0.2, 0.25) is 0 Å². The van der Waals surface area contributed by atoms with Crippen molar-refractivity contribution in [3.05, 3.63) is 57.8 Å². The monoisotopic (exact) mass is 412 g/mol.